The van der Waals surface area contributed by atoms with E-state index in [9.17, 15) is 14.4 Å². The minimum absolute atomic E-state index is 0.115. The van der Waals surface area contributed by atoms with Crippen LogP contribution in [0, 0.1) is 6.92 Å². The molecule has 2 heterocycles. The van der Waals surface area contributed by atoms with Crippen LogP contribution in [0.25, 0.3) is 17.1 Å². The van der Waals surface area contributed by atoms with Crippen LogP contribution in [0.3, 0.4) is 0 Å². The number of carbonyl (C=O) groups excluding carboxylic acids is 3. The molecule has 9 nitrogen and oxygen atoms in total. The summed E-state index contributed by atoms with van der Waals surface area (Å²) in [4.78, 5) is 45.8. The third-order valence-corrected chi connectivity index (χ3v) is 5.15. The van der Waals surface area contributed by atoms with Gasteiger partial charge in [-0.3, -0.25) is 14.4 Å². The van der Waals surface area contributed by atoms with Gasteiger partial charge in [0.1, 0.15) is 11.7 Å². The summed E-state index contributed by atoms with van der Waals surface area (Å²) in [5.41, 5.74) is 8.44. The average molecular weight is 454 g/mol. The molecule has 0 aliphatic rings. The van der Waals surface area contributed by atoms with Crippen LogP contribution in [-0.4, -0.2) is 43.4 Å². The Labute approximate surface area is 195 Å². The van der Waals surface area contributed by atoms with E-state index in [0.29, 0.717) is 5.69 Å². The number of hydrogen-bond donors (Lipinski definition) is 2. The Bertz CT molecular complexity index is 1320. The van der Waals surface area contributed by atoms with E-state index in [1.807, 2.05) is 36.4 Å². The molecule has 0 saturated carbocycles. The molecule has 0 aliphatic carbocycles. The van der Waals surface area contributed by atoms with Crippen LogP contribution in [0.4, 0.5) is 0 Å². The number of ketones is 1. The second kappa shape index (κ2) is 9.86. The SMILES string of the molecule is Cc1cc(C(=O)NC(Cc2ccccc2)C(=O)C(N)=O)n(-c2ncc(-c3ccccc3)cn2)n1. The van der Waals surface area contributed by atoms with Gasteiger partial charge in [-0.1, -0.05) is 60.7 Å². The summed E-state index contributed by atoms with van der Waals surface area (Å²) in [7, 11) is 0. The van der Waals surface area contributed by atoms with Crippen LogP contribution in [0.1, 0.15) is 21.7 Å². The number of rotatable bonds is 8. The highest BCUT2D eigenvalue weighted by Gasteiger charge is 2.27. The van der Waals surface area contributed by atoms with Gasteiger partial charge in [-0.25, -0.2) is 9.97 Å². The monoisotopic (exact) mass is 454 g/mol. The van der Waals surface area contributed by atoms with Crippen molar-refractivity contribution in [3.8, 4) is 17.1 Å². The molecule has 170 valence electrons. The van der Waals surface area contributed by atoms with Gasteiger partial charge in [0.2, 0.25) is 5.78 Å². The molecule has 2 aromatic heterocycles. The van der Waals surface area contributed by atoms with Crippen LogP contribution in [-0.2, 0) is 16.0 Å². The van der Waals surface area contributed by atoms with Gasteiger partial charge in [0.15, 0.2) is 0 Å². The molecule has 2 amide bonds. The van der Waals surface area contributed by atoms with Crippen molar-refractivity contribution in [2.24, 2.45) is 5.73 Å². The number of nitrogens with two attached hydrogens (primary N) is 1. The van der Waals surface area contributed by atoms with E-state index >= 15 is 0 Å². The first-order valence-electron chi connectivity index (χ1n) is 10.6. The summed E-state index contributed by atoms with van der Waals surface area (Å²) in [5, 5.41) is 6.95. The first-order chi connectivity index (χ1) is 16.4. The van der Waals surface area contributed by atoms with Crippen LogP contribution < -0.4 is 11.1 Å². The van der Waals surface area contributed by atoms with E-state index in [-0.39, 0.29) is 18.1 Å². The summed E-state index contributed by atoms with van der Waals surface area (Å²) in [5.74, 6) is -2.42. The van der Waals surface area contributed by atoms with E-state index in [0.717, 1.165) is 16.7 Å². The summed E-state index contributed by atoms with van der Waals surface area (Å²) >= 11 is 0. The zero-order valence-corrected chi connectivity index (χ0v) is 18.4. The average Bonchev–Trinajstić information content (AvgIpc) is 3.26. The molecule has 1 unspecified atom stereocenters. The lowest BCUT2D eigenvalue weighted by Crippen LogP contribution is -2.47. The van der Waals surface area contributed by atoms with E-state index in [1.165, 1.54) is 4.68 Å². The molecule has 0 aliphatic heterocycles. The standard InChI is InChI=1S/C25H22N6O3/c1-16-12-21(24(34)29-20(22(32)23(26)33)13-17-8-4-2-5-9-17)31(30-16)25-27-14-19(15-28-25)18-10-6-3-7-11-18/h2-12,14-15,20H,13H2,1H3,(H2,26,33)(H,29,34). The number of aromatic nitrogens is 4. The smallest absolute Gasteiger partial charge is 0.287 e. The summed E-state index contributed by atoms with van der Waals surface area (Å²) in [6, 6.07) is 19.1. The highest BCUT2D eigenvalue weighted by Crippen LogP contribution is 2.18. The highest BCUT2D eigenvalue weighted by atomic mass is 16.2. The van der Waals surface area contributed by atoms with Crippen molar-refractivity contribution >= 4 is 17.6 Å². The maximum atomic E-state index is 13.1. The zero-order valence-electron chi connectivity index (χ0n) is 18.4. The number of aryl methyl sites for hydroxylation is 1. The topological polar surface area (TPSA) is 133 Å². The van der Waals surface area contributed by atoms with Gasteiger partial charge in [-0.15, -0.1) is 0 Å². The van der Waals surface area contributed by atoms with E-state index in [1.54, 1.807) is 49.6 Å². The molecule has 3 N–H and O–H groups in total. The molecule has 4 aromatic rings. The highest BCUT2D eigenvalue weighted by molar-refractivity contribution is 6.38. The second-order valence-electron chi connectivity index (χ2n) is 7.66. The maximum absolute atomic E-state index is 13.1. The zero-order chi connectivity index (χ0) is 24.1. The predicted octanol–water partition coefficient (Wildman–Crippen LogP) is 2.03. The lowest BCUT2D eigenvalue weighted by molar-refractivity contribution is -0.137. The number of benzene rings is 2. The van der Waals surface area contributed by atoms with Crippen molar-refractivity contribution in [2.45, 2.75) is 19.4 Å². The Morgan fingerprint density at radius 3 is 2.18 bits per heavy atom. The Kier molecular flexibility index (Phi) is 6.54. The summed E-state index contributed by atoms with van der Waals surface area (Å²) < 4.78 is 1.30. The van der Waals surface area contributed by atoms with Gasteiger partial charge in [0.25, 0.3) is 17.8 Å². The van der Waals surface area contributed by atoms with Crippen LogP contribution in [0.5, 0.6) is 0 Å². The van der Waals surface area contributed by atoms with E-state index in [4.69, 9.17) is 5.73 Å². The normalized spacial score (nSPS) is 11.6. The Morgan fingerprint density at radius 1 is 0.941 bits per heavy atom. The fraction of sp³-hybridized carbons (Fsp3) is 0.120. The number of hydrogen-bond acceptors (Lipinski definition) is 6. The summed E-state index contributed by atoms with van der Waals surface area (Å²) in [6.45, 7) is 1.72. The van der Waals surface area contributed by atoms with Crippen molar-refractivity contribution in [1.82, 2.24) is 25.1 Å². The van der Waals surface area contributed by atoms with Crippen molar-refractivity contribution in [1.29, 1.82) is 0 Å². The Morgan fingerprint density at radius 2 is 1.56 bits per heavy atom. The molecule has 1 atom stereocenters. The van der Waals surface area contributed by atoms with Crippen LogP contribution in [0.15, 0.2) is 79.1 Å². The van der Waals surface area contributed by atoms with Gasteiger partial charge in [-0.2, -0.15) is 9.78 Å². The molecule has 0 radical (unpaired) electrons. The minimum Gasteiger partial charge on any atom is -0.363 e. The lowest BCUT2D eigenvalue weighted by atomic mass is 10.0. The molecule has 4 rings (SSSR count). The summed E-state index contributed by atoms with van der Waals surface area (Å²) in [6.07, 6.45) is 3.40. The number of nitrogens with one attached hydrogen (secondary N) is 1. The second-order valence-corrected chi connectivity index (χ2v) is 7.66. The number of carbonyl (C=O) groups is 3. The molecule has 0 fully saturated rings. The molecule has 9 heteroatoms. The van der Waals surface area contributed by atoms with Crippen molar-refractivity contribution in [3.05, 3.63) is 96.1 Å². The van der Waals surface area contributed by atoms with Crippen LogP contribution in [0.2, 0.25) is 0 Å². The third-order valence-electron chi connectivity index (χ3n) is 5.15. The number of nitrogens with zero attached hydrogens (tertiary/aromatic N) is 4. The Balaban J connectivity index is 1.60. The molecule has 0 bridgehead atoms. The van der Waals surface area contributed by atoms with Crippen LogP contribution >= 0.6 is 0 Å². The molecule has 0 saturated heterocycles. The fourth-order valence-corrected chi connectivity index (χ4v) is 3.49. The van der Waals surface area contributed by atoms with E-state index < -0.39 is 23.6 Å². The third kappa shape index (κ3) is 5.04. The quantitative estimate of drug-likeness (QED) is 0.392. The molecule has 34 heavy (non-hydrogen) atoms. The van der Waals surface area contributed by atoms with Crippen molar-refractivity contribution in [2.75, 3.05) is 0 Å². The number of Topliss-reactive ketones (excluding diaryl/α,β-unsaturated/α-hetero) is 1. The first kappa shape index (κ1) is 22.5. The van der Waals surface area contributed by atoms with Gasteiger partial charge >= 0.3 is 0 Å². The largest absolute Gasteiger partial charge is 0.363 e. The Hall–Kier alpha value is -4.66. The molecular formula is C25H22N6O3. The predicted molar refractivity (Wildman–Crippen MR) is 125 cm³/mol. The first-order valence-corrected chi connectivity index (χ1v) is 10.6. The van der Waals surface area contributed by atoms with Gasteiger partial charge in [0, 0.05) is 24.4 Å². The molecular weight excluding hydrogens is 432 g/mol. The van der Waals surface area contributed by atoms with Gasteiger partial charge < -0.3 is 11.1 Å². The minimum atomic E-state index is -1.13. The van der Waals surface area contributed by atoms with Crippen molar-refractivity contribution < 1.29 is 14.4 Å². The lowest BCUT2D eigenvalue weighted by Gasteiger charge is -2.16. The molecule has 0 spiro atoms. The van der Waals surface area contributed by atoms with Gasteiger partial charge in [0.05, 0.1) is 5.69 Å². The van der Waals surface area contributed by atoms with Crippen molar-refractivity contribution in [3.63, 3.8) is 0 Å². The fourth-order valence-electron chi connectivity index (χ4n) is 3.49. The number of amides is 2. The maximum Gasteiger partial charge on any atom is 0.287 e. The number of primary amides is 1. The molecule has 2 aromatic carbocycles. The van der Waals surface area contributed by atoms with Gasteiger partial charge in [-0.05, 0) is 24.1 Å². The van der Waals surface area contributed by atoms with E-state index in [2.05, 4.69) is 20.4 Å².